The Morgan fingerprint density at radius 2 is 0.947 bits per heavy atom. The first-order chi connectivity index (χ1) is 28.0. The van der Waals surface area contributed by atoms with Crippen LogP contribution in [-0.4, -0.2) is 14.1 Å². The largest absolute Gasteiger partial charge is 0.309 e. The lowest BCUT2D eigenvalue weighted by atomic mass is 9.82. The van der Waals surface area contributed by atoms with E-state index < -0.39 is 0 Å². The molecule has 268 valence electrons. The van der Waals surface area contributed by atoms with Gasteiger partial charge in [-0.1, -0.05) is 147 Å². The second kappa shape index (κ2) is 11.9. The minimum absolute atomic E-state index is 0.0653. The molecule has 0 N–H and O–H groups in total. The van der Waals surface area contributed by atoms with Gasteiger partial charge in [0.2, 0.25) is 0 Å². The van der Waals surface area contributed by atoms with Crippen molar-refractivity contribution in [3.63, 3.8) is 0 Å². The zero-order valence-corrected chi connectivity index (χ0v) is 31.7. The minimum atomic E-state index is -0.0653. The lowest BCUT2D eigenvalue weighted by molar-refractivity contribution is 0.660. The number of nitrogens with zero attached hydrogens (tertiary/aromatic N) is 3. The molecule has 57 heavy (non-hydrogen) atoms. The van der Waals surface area contributed by atoms with Gasteiger partial charge in [-0.2, -0.15) is 0 Å². The van der Waals surface area contributed by atoms with Crippen molar-refractivity contribution in [3.8, 4) is 45.0 Å². The summed E-state index contributed by atoms with van der Waals surface area (Å²) in [4.78, 5) is 5.38. The van der Waals surface area contributed by atoms with Gasteiger partial charge in [-0.05, 0) is 93.4 Å². The molecular formula is C54H37N3. The van der Waals surface area contributed by atoms with Crippen molar-refractivity contribution < 1.29 is 0 Å². The Hall–Kier alpha value is -7.23. The van der Waals surface area contributed by atoms with Crippen molar-refractivity contribution in [3.05, 3.63) is 199 Å². The van der Waals surface area contributed by atoms with Crippen molar-refractivity contribution in [2.24, 2.45) is 0 Å². The van der Waals surface area contributed by atoms with Crippen molar-refractivity contribution in [1.82, 2.24) is 14.1 Å². The molecule has 0 bridgehead atoms. The molecule has 0 amide bonds. The average molecular weight is 728 g/mol. The van der Waals surface area contributed by atoms with Gasteiger partial charge < -0.3 is 4.57 Å². The SMILES string of the molecule is CC1(C)c2ccccc2-c2ccc(-n3c4ccccc4c4cc(-c5ccc6c(c5)c5ccccc5n6-c5cc6ccccc6c(-c6ccccc6)n5)ccc43)cc21. The maximum absolute atomic E-state index is 5.38. The molecule has 0 aliphatic heterocycles. The Kier molecular flexibility index (Phi) is 6.68. The summed E-state index contributed by atoms with van der Waals surface area (Å²) < 4.78 is 4.78. The number of para-hydroxylation sites is 2. The van der Waals surface area contributed by atoms with Crippen LogP contribution in [0.1, 0.15) is 25.0 Å². The van der Waals surface area contributed by atoms with E-state index in [1.165, 1.54) is 77.0 Å². The van der Waals surface area contributed by atoms with Crippen LogP contribution < -0.4 is 0 Å². The zero-order valence-electron chi connectivity index (χ0n) is 31.7. The van der Waals surface area contributed by atoms with Crippen LogP contribution in [0.4, 0.5) is 0 Å². The summed E-state index contributed by atoms with van der Waals surface area (Å²) >= 11 is 0. The average Bonchev–Trinajstić information content (AvgIpc) is 3.86. The van der Waals surface area contributed by atoms with E-state index in [4.69, 9.17) is 4.98 Å². The topological polar surface area (TPSA) is 22.8 Å². The van der Waals surface area contributed by atoms with E-state index in [0.29, 0.717) is 0 Å². The summed E-state index contributed by atoms with van der Waals surface area (Å²) in [5, 5.41) is 7.26. The van der Waals surface area contributed by atoms with Crippen LogP contribution in [0.15, 0.2) is 188 Å². The Balaban J connectivity index is 1.02. The van der Waals surface area contributed by atoms with Gasteiger partial charge >= 0.3 is 0 Å². The van der Waals surface area contributed by atoms with Crippen molar-refractivity contribution >= 4 is 54.4 Å². The molecule has 0 spiro atoms. The van der Waals surface area contributed by atoms with Gasteiger partial charge in [0, 0.05) is 43.6 Å². The van der Waals surface area contributed by atoms with Crippen molar-refractivity contribution in [1.29, 1.82) is 0 Å². The Labute approximate surface area is 330 Å². The monoisotopic (exact) mass is 727 g/mol. The lowest BCUT2D eigenvalue weighted by Gasteiger charge is -2.22. The molecular weight excluding hydrogens is 691 g/mol. The van der Waals surface area contributed by atoms with Crippen molar-refractivity contribution in [2.45, 2.75) is 19.3 Å². The van der Waals surface area contributed by atoms with E-state index in [-0.39, 0.29) is 5.41 Å². The predicted molar refractivity (Wildman–Crippen MR) is 239 cm³/mol. The summed E-state index contributed by atoms with van der Waals surface area (Å²) in [7, 11) is 0. The molecule has 8 aromatic carbocycles. The van der Waals surface area contributed by atoms with Gasteiger partial charge in [0.05, 0.1) is 27.8 Å². The van der Waals surface area contributed by atoms with E-state index in [9.17, 15) is 0 Å². The number of benzene rings is 8. The first-order valence-corrected chi connectivity index (χ1v) is 19.8. The van der Waals surface area contributed by atoms with E-state index in [1.807, 2.05) is 0 Å². The van der Waals surface area contributed by atoms with E-state index in [2.05, 4.69) is 211 Å². The maximum atomic E-state index is 5.38. The van der Waals surface area contributed by atoms with Gasteiger partial charge in [-0.3, -0.25) is 4.57 Å². The third-order valence-corrected chi connectivity index (χ3v) is 12.5. The third kappa shape index (κ3) is 4.63. The van der Waals surface area contributed by atoms with Crippen LogP contribution in [0.25, 0.3) is 99.4 Å². The highest BCUT2D eigenvalue weighted by molar-refractivity contribution is 6.13. The van der Waals surface area contributed by atoms with Crippen LogP contribution in [-0.2, 0) is 5.41 Å². The van der Waals surface area contributed by atoms with Crippen LogP contribution in [0.2, 0.25) is 0 Å². The van der Waals surface area contributed by atoms with Gasteiger partial charge in [0.15, 0.2) is 0 Å². The summed E-state index contributed by atoms with van der Waals surface area (Å²) in [6.45, 7) is 4.71. The van der Waals surface area contributed by atoms with Crippen molar-refractivity contribution in [2.75, 3.05) is 0 Å². The molecule has 12 rings (SSSR count). The molecule has 3 heterocycles. The first kappa shape index (κ1) is 32.1. The van der Waals surface area contributed by atoms with Crippen LogP contribution >= 0.6 is 0 Å². The predicted octanol–water partition coefficient (Wildman–Crippen LogP) is 14.1. The fourth-order valence-corrected chi connectivity index (χ4v) is 9.78. The molecule has 0 saturated carbocycles. The molecule has 11 aromatic rings. The van der Waals surface area contributed by atoms with Crippen LogP contribution in [0.3, 0.4) is 0 Å². The number of hydrogen-bond donors (Lipinski definition) is 0. The van der Waals surface area contributed by atoms with E-state index in [1.54, 1.807) is 0 Å². The van der Waals surface area contributed by atoms with Crippen LogP contribution in [0.5, 0.6) is 0 Å². The van der Waals surface area contributed by atoms with Gasteiger partial charge in [-0.15, -0.1) is 0 Å². The molecule has 0 atom stereocenters. The number of rotatable bonds is 4. The summed E-state index contributed by atoms with van der Waals surface area (Å²) in [5.74, 6) is 0.916. The zero-order chi connectivity index (χ0) is 37.8. The molecule has 0 saturated heterocycles. The first-order valence-electron chi connectivity index (χ1n) is 19.8. The quantitative estimate of drug-likeness (QED) is 0.177. The molecule has 0 radical (unpaired) electrons. The summed E-state index contributed by atoms with van der Waals surface area (Å²) in [6, 6.07) is 68.7. The van der Waals surface area contributed by atoms with Gasteiger partial charge in [-0.25, -0.2) is 4.98 Å². The Bertz CT molecular complexity index is 3430. The molecule has 3 heteroatoms. The number of hydrogen-bond acceptors (Lipinski definition) is 1. The standard InChI is InChI=1S/C54H37N3/c1-54(2)46-21-11-8-18-40(46)41-27-26-38(33-47(41)54)56-48-22-12-9-19-42(48)44-30-35(24-28-50(44)56)36-25-29-51-45(31-36)43-20-10-13-23-49(43)57(51)52-32-37-16-6-7-17-39(37)53(55-52)34-14-4-3-5-15-34/h3-33H,1-2H3. The minimum Gasteiger partial charge on any atom is -0.309 e. The molecule has 3 nitrogen and oxygen atoms in total. The third-order valence-electron chi connectivity index (χ3n) is 12.5. The second-order valence-corrected chi connectivity index (χ2v) is 16.0. The van der Waals surface area contributed by atoms with E-state index >= 15 is 0 Å². The molecule has 0 fully saturated rings. The summed E-state index contributed by atoms with van der Waals surface area (Å²) in [6.07, 6.45) is 0. The maximum Gasteiger partial charge on any atom is 0.138 e. The summed E-state index contributed by atoms with van der Waals surface area (Å²) in [5.41, 5.74) is 15.8. The van der Waals surface area contributed by atoms with Gasteiger partial charge in [0.25, 0.3) is 0 Å². The normalized spacial score (nSPS) is 13.2. The fourth-order valence-electron chi connectivity index (χ4n) is 9.78. The number of fused-ring (bicyclic) bond motifs is 10. The Morgan fingerprint density at radius 3 is 1.68 bits per heavy atom. The second-order valence-electron chi connectivity index (χ2n) is 16.0. The highest BCUT2D eigenvalue weighted by Gasteiger charge is 2.35. The smallest absolute Gasteiger partial charge is 0.138 e. The highest BCUT2D eigenvalue weighted by Crippen LogP contribution is 2.49. The molecule has 3 aromatic heterocycles. The fraction of sp³-hybridized carbons (Fsp3) is 0.0556. The van der Waals surface area contributed by atoms with Crippen LogP contribution in [0, 0.1) is 0 Å². The molecule has 0 unspecified atom stereocenters. The number of pyridine rings is 1. The Morgan fingerprint density at radius 1 is 0.386 bits per heavy atom. The molecule has 1 aliphatic rings. The lowest BCUT2D eigenvalue weighted by Crippen LogP contribution is -2.15. The molecule has 1 aliphatic carbocycles. The van der Waals surface area contributed by atoms with Gasteiger partial charge in [0.1, 0.15) is 5.82 Å². The number of aromatic nitrogens is 3. The van der Waals surface area contributed by atoms with E-state index in [0.717, 1.165) is 33.5 Å². The highest BCUT2D eigenvalue weighted by atomic mass is 15.1.